The summed E-state index contributed by atoms with van der Waals surface area (Å²) in [6.07, 6.45) is 1.66. The lowest BCUT2D eigenvalue weighted by Gasteiger charge is -2.31. The molecule has 0 bridgehead atoms. The van der Waals surface area contributed by atoms with Gasteiger partial charge in [0.15, 0.2) is 0 Å². The number of carbonyl (C=O) groups is 1. The number of nitro benzene ring substituents is 1. The second-order valence-electron chi connectivity index (χ2n) is 4.81. The van der Waals surface area contributed by atoms with Crippen LogP contribution in [0.1, 0.15) is 23.2 Å². The monoisotopic (exact) mass is 316 g/mol. The first-order chi connectivity index (χ1) is 9.52. The lowest BCUT2D eigenvalue weighted by atomic mass is 9.98. The van der Waals surface area contributed by atoms with Crippen molar-refractivity contribution in [3.8, 4) is 0 Å². The Balaban J connectivity index is 2.19. The number of nitro groups is 1. The van der Waals surface area contributed by atoms with Crippen LogP contribution in [0.2, 0.25) is 5.02 Å². The van der Waals surface area contributed by atoms with E-state index in [9.17, 15) is 14.9 Å². The normalized spacial score (nSPS) is 16.2. The molecule has 1 aromatic rings. The summed E-state index contributed by atoms with van der Waals surface area (Å²) < 4.78 is 0. The number of hydrogen-bond acceptors (Lipinski definition) is 3. The molecule has 1 aliphatic heterocycles. The number of amides is 1. The minimum absolute atomic E-state index is 0.0868. The highest BCUT2D eigenvalue weighted by Gasteiger charge is 2.28. The Morgan fingerprint density at radius 2 is 2.05 bits per heavy atom. The van der Waals surface area contributed by atoms with Crippen molar-refractivity contribution in [1.82, 2.24) is 4.90 Å². The van der Waals surface area contributed by atoms with Gasteiger partial charge in [0.25, 0.3) is 11.6 Å². The fourth-order valence-corrected chi connectivity index (χ4v) is 2.77. The molecule has 0 N–H and O–H groups in total. The van der Waals surface area contributed by atoms with Crippen molar-refractivity contribution >= 4 is 34.8 Å². The zero-order valence-electron chi connectivity index (χ0n) is 10.7. The van der Waals surface area contributed by atoms with Crippen LogP contribution in [0.4, 0.5) is 5.69 Å². The van der Waals surface area contributed by atoms with Crippen molar-refractivity contribution in [2.75, 3.05) is 19.0 Å². The van der Waals surface area contributed by atoms with Gasteiger partial charge in [-0.15, -0.1) is 11.6 Å². The second kappa shape index (κ2) is 6.41. The maximum Gasteiger partial charge on any atom is 0.283 e. The Hall–Kier alpha value is -1.33. The number of rotatable bonds is 3. The summed E-state index contributed by atoms with van der Waals surface area (Å²) in [5.41, 5.74) is -0.161. The van der Waals surface area contributed by atoms with Crippen molar-refractivity contribution < 1.29 is 9.72 Å². The van der Waals surface area contributed by atoms with Crippen molar-refractivity contribution in [2.45, 2.75) is 12.8 Å². The van der Waals surface area contributed by atoms with Crippen molar-refractivity contribution in [1.29, 1.82) is 0 Å². The van der Waals surface area contributed by atoms with Gasteiger partial charge in [-0.25, -0.2) is 0 Å². The highest BCUT2D eigenvalue weighted by atomic mass is 35.5. The molecule has 2 rings (SSSR count). The lowest BCUT2D eigenvalue weighted by Crippen LogP contribution is -2.39. The van der Waals surface area contributed by atoms with Crippen LogP contribution in [-0.4, -0.2) is 34.7 Å². The van der Waals surface area contributed by atoms with E-state index in [0.29, 0.717) is 24.9 Å². The van der Waals surface area contributed by atoms with Gasteiger partial charge in [-0.2, -0.15) is 0 Å². The maximum absolute atomic E-state index is 12.4. The Bertz CT molecular complexity index is 528. The minimum atomic E-state index is -0.579. The molecule has 1 saturated heterocycles. The first-order valence-corrected chi connectivity index (χ1v) is 7.23. The number of piperidine rings is 1. The molecule has 108 valence electrons. The number of halogens is 2. The molecule has 0 aromatic heterocycles. The molecular weight excluding hydrogens is 303 g/mol. The van der Waals surface area contributed by atoms with Gasteiger partial charge in [0.2, 0.25) is 0 Å². The zero-order chi connectivity index (χ0) is 14.7. The van der Waals surface area contributed by atoms with Gasteiger partial charge in [-0.05, 0) is 30.9 Å². The summed E-state index contributed by atoms with van der Waals surface area (Å²) in [6.45, 7) is 1.16. The minimum Gasteiger partial charge on any atom is -0.338 e. The summed E-state index contributed by atoms with van der Waals surface area (Å²) in [7, 11) is 0. The third-order valence-corrected chi connectivity index (χ3v) is 4.18. The Labute approximate surface area is 126 Å². The number of nitrogens with zero attached hydrogens (tertiary/aromatic N) is 2. The van der Waals surface area contributed by atoms with Crippen molar-refractivity contribution in [2.24, 2.45) is 5.92 Å². The van der Waals surface area contributed by atoms with E-state index in [1.54, 1.807) is 4.90 Å². The Morgan fingerprint density at radius 1 is 1.40 bits per heavy atom. The highest BCUT2D eigenvalue weighted by molar-refractivity contribution is 6.31. The highest BCUT2D eigenvalue weighted by Crippen LogP contribution is 2.26. The first kappa shape index (κ1) is 15.1. The summed E-state index contributed by atoms with van der Waals surface area (Å²) >= 11 is 11.5. The van der Waals surface area contributed by atoms with E-state index >= 15 is 0 Å². The number of likely N-dealkylation sites (tertiary alicyclic amines) is 1. The topological polar surface area (TPSA) is 63.4 Å². The average Bonchev–Trinajstić information content (AvgIpc) is 2.46. The van der Waals surface area contributed by atoms with E-state index in [1.165, 1.54) is 18.2 Å². The van der Waals surface area contributed by atoms with Crippen LogP contribution >= 0.6 is 23.2 Å². The molecule has 1 fully saturated rings. The molecule has 1 aliphatic rings. The SMILES string of the molecule is O=C(c1ccc(Cl)cc1[N+](=O)[O-])N1CCC(CCl)CC1. The smallest absolute Gasteiger partial charge is 0.283 e. The molecule has 1 amide bonds. The molecule has 0 aliphatic carbocycles. The summed E-state index contributed by atoms with van der Waals surface area (Å²) in [4.78, 5) is 24.5. The predicted molar refractivity (Wildman–Crippen MR) is 77.5 cm³/mol. The largest absolute Gasteiger partial charge is 0.338 e. The van der Waals surface area contributed by atoms with Gasteiger partial charge in [-0.1, -0.05) is 11.6 Å². The second-order valence-corrected chi connectivity index (χ2v) is 5.55. The molecule has 0 atom stereocenters. The fraction of sp³-hybridized carbons (Fsp3) is 0.462. The molecular formula is C13H14Cl2N2O3. The van der Waals surface area contributed by atoms with Gasteiger partial charge in [0, 0.05) is 30.1 Å². The number of alkyl halides is 1. The van der Waals surface area contributed by atoms with Crippen molar-refractivity contribution in [3.05, 3.63) is 38.9 Å². The standard InChI is InChI=1S/C13H14Cl2N2O3/c14-8-9-3-5-16(6-4-9)13(18)11-2-1-10(15)7-12(11)17(19)20/h1-2,7,9H,3-6,8H2. The third kappa shape index (κ3) is 3.22. The fourth-order valence-electron chi connectivity index (χ4n) is 2.30. The quantitative estimate of drug-likeness (QED) is 0.488. The summed E-state index contributed by atoms with van der Waals surface area (Å²) in [6, 6.07) is 4.12. The molecule has 1 heterocycles. The predicted octanol–water partition coefficient (Wildman–Crippen LogP) is 3.34. The maximum atomic E-state index is 12.4. The zero-order valence-corrected chi connectivity index (χ0v) is 12.2. The van der Waals surface area contributed by atoms with Gasteiger partial charge in [-0.3, -0.25) is 14.9 Å². The van der Waals surface area contributed by atoms with Gasteiger partial charge < -0.3 is 4.90 Å². The van der Waals surface area contributed by atoms with Crippen LogP contribution in [0.5, 0.6) is 0 Å². The van der Waals surface area contributed by atoms with Crippen molar-refractivity contribution in [3.63, 3.8) is 0 Å². The number of hydrogen-bond donors (Lipinski definition) is 0. The van der Waals surface area contributed by atoms with Gasteiger partial charge in [0.1, 0.15) is 5.56 Å². The third-order valence-electron chi connectivity index (χ3n) is 3.51. The van der Waals surface area contributed by atoms with Crippen LogP contribution < -0.4 is 0 Å². The van der Waals surface area contributed by atoms with Crippen LogP contribution in [0.3, 0.4) is 0 Å². The molecule has 7 heteroatoms. The Morgan fingerprint density at radius 3 is 2.60 bits per heavy atom. The van der Waals surface area contributed by atoms with E-state index in [0.717, 1.165) is 12.8 Å². The molecule has 20 heavy (non-hydrogen) atoms. The molecule has 0 radical (unpaired) electrons. The van der Waals surface area contributed by atoms with Crippen LogP contribution in [-0.2, 0) is 0 Å². The Kier molecular flexibility index (Phi) is 4.83. The van der Waals surface area contributed by atoms with Crippen LogP contribution in [0, 0.1) is 16.0 Å². The molecule has 1 aromatic carbocycles. The average molecular weight is 317 g/mol. The van der Waals surface area contributed by atoms with Crippen LogP contribution in [0.15, 0.2) is 18.2 Å². The van der Waals surface area contributed by atoms with E-state index in [2.05, 4.69) is 0 Å². The lowest BCUT2D eigenvalue weighted by molar-refractivity contribution is -0.385. The molecule has 0 unspecified atom stereocenters. The van der Waals surface area contributed by atoms with Crippen LogP contribution in [0.25, 0.3) is 0 Å². The molecule has 0 saturated carbocycles. The van der Waals surface area contributed by atoms with E-state index in [-0.39, 0.29) is 22.2 Å². The van der Waals surface area contributed by atoms with Gasteiger partial charge >= 0.3 is 0 Å². The first-order valence-electron chi connectivity index (χ1n) is 6.32. The number of benzene rings is 1. The van der Waals surface area contributed by atoms with Gasteiger partial charge in [0.05, 0.1) is 4.92 Å². The van der Waals surface area contributed by atoms with E-state index in [4.69, 9.17) is 23.2 Å². The van der Waals surface area contributed by atoms with E-state index < -0.39 is 4.92 Å². The molecule has 0 spiro atoms. The number of carbonyl (C=O) groups excluding carboxylic acids is 1. The summed E-state index contributed by atoms with van der Waals surface area (Å²) in [5, 5.41) is 11.3. The summed E-state index contributed by atoms with van der Waals surface area (Å²) in [5.74, 6) is 0.686. The van der Waals surface area contributed by atoms with E-state index in [1.807, 2.05) is 0 Å². The molecule has 5 nitrogen and oxygen atoms in total.